The number of ether oxygens (including phenoxy) is 1. The topological polar surface area (TPSA) is 32.7 Å². The lowest BCUT2D eigenvalue weighted by Crippen LogP contribution is -2.40. The van der Waals surface area contributed by atoms with Gasteiger partial charge in [-0.3, -0.25) is 4.90 Å². The second-order valence-electron chi connectivity index (χ2n) is 6.06. The summed E-state index contributed by atoms with van der Waals surface area (Å²) in [4.78, 5) is 2.62. The van der Waals surface area contributed by atoms with E-state index in [1.165, 1.54) is 36.3 Å². The van der Waals surface area contributed by atoms with Crippen LogP contribution in [0.1, 0.15) is 30.4 Å². The summed E-state index contributed by atoms with van der Waals surface area (Å²) in [5.41, 5.74) is 2.32. The van der Waals surface area contributed by atoms with E-state index in [1.54, 1.807) is 0 Å². The Labute approximate surface area is 131 Å². The first-order valence-corrected chi connectivity index (χ1v) is 9.12. The van der Waals surface area contributed by atoms with Crippen molar-refractivity contribution in [3.8, 4) is 0 Å². The fraction of sp³-hybridized carbons (Fsp3) is 0.647. The maximum absolute atomic E-state index is 9.14. The van der Waals surface area contributed by atoms with Crippen molar-refractivity contribution >= 4 is 11.8 Å². The summed E-state index contributed by atoms with van der Waals surface area (Å²) < 4.78 is 5.84. The van der Waals surface area contributed by atoms with Crippen LogP contribution in [0.2, 0.25) is 0 Å². The molecular weight excluding hydrogens is 282 g/mol. The highest BCUT2D eigenvalue weighted by molar-refractivity contribution is 7.99. The summed E-state index contributed by atoms with van der Waals surface area (Å²) in [7, 11) is 0. The highest BCUT2D eigenvalue weighted by Crippen LogP contribution is 2.26. The summed E-state index contributed by atoms with van der Waals surface area (Å²) >= 11 is 2.07. The van der Waals surface area contributed by atoms with Gasteiger partial charge in [-0.25, -0.2) is 0 Å². The molecule has 0 saturated carbocycles. The molecule has 1 N–H and O–H groups in total. The molecule has 2 heterocycles. The molecule has 2 unspecified atom stereocenters. The van der Waals surface area contributed by atoms with Crippen LogP contribution in [0.4, 0.5) is 0 Å². The molecule has 0 aromatic heterocycles. The van der Waals surface area contributed by atoms with Gasteiger partial charge in [-0.05, 0) is 36.1 Å². The SMILES string of the molecule is OCc1ccc(CN(CC2CCCO2)C2CCSC2)cc1. The first kappa shape index (κ1) is 15.3. The van der Waals surface area contributed by atoms with E-state index >= 15 is 0 Å². The van der Waals surface area contributed by atoms with Gasteiger partial charge in [0.15, 0.2) is 0 Å². The number of thioether (sulfide) groups is 1. The molecule has 4 heteroatoms. The van der Waals surface area contributed by atoms with Crippen molar-refractivity contribution in [2.45, 2.75) is 44.6 Å². The molecule has 1 aromatic carbocycles. The molecule has 21 heavy (non-hydrogen) atoms. The molecule has 0 bridgehead atoms. The molecule has 2 aliphatic rings. The van der Waals surface area contributed by atoms with E-state index in [9.17, 15) is 0 Å². The number of nitrogens with zero attached hydrogens (tertiary/aromatic N) is 1. The predicted octanol–water partition coefficient (Wildman–Crippen LogP) is 2.67. The molecule has 116 valence electrons. The van der Waals surface area contributed by atoms with Crippen molar-refractivity contribution in [1.82, 2.24) is 4.90 Å². The van der Waals surface area contributed by atoms with Crippen molar-refractivity contribution in [3.63, 3.8) is 0 Å². The number of aliphatic hydroxyl groups is 1. The monoisotopic (exact) mass is 307 g/mol. The van der Waals surface area contributed by atoms with Crippen molar-refractivity contribution in [3.05, 3.63) is 35.4 Å². The number of hydrogen-bond donors (Lipinski definition) is 1. The van der Waals surface area contributed by atoms with Gasteiger partial charge in [-0.1, -0.05) is 24.3 Å². The van der Waals surface area contributed by atoms with Crippen molar-refractivity contribution < 1.29 is 9.84 Å². The molecule has 2 saturated heterocycles. The smallest absolute Gasteiger partial charge is 0.0703 e. The van der Waals surface area contributed by atoms with E-state index in [-0.39, 0.29) is 6.61 Å². The highest BCUT2D eigenvalue weighted by Gasteiger charge is 2.27. The van der Waals surface area contributed by atoms with Gasteiger partial charge in [-0.15, -0.1) is 0 Å². The van der Waals surface area contributed by atoms with Gasteiger partial charge in [0.05, 0.1) is 12.7 Å². The Bertz CT molecular complexity index is 425. The molecule has 3 rings (SSSR count). The van der Waals surface area contributed by atoms with Gasteiger partial charge in [0.25, 0.3) is 0 Å². The zero-order valence-electron chi connectivity index (χ0n) is 12.5. The second kappa shape index (κ2) is 7.63. The number of hydrogen-bond acceptors (Lipinski definition) is 4. The number of benzene rings is 1. The molecule has 0 amide bonds. The fourth-order valence-electron chi connectivity index (χ4n) is 3.19. The minimum Gasteiger partial charge on any atom is -0.392 e. The van der Waals surface area contributed by atoms with E-state index in [4.69, 9.17) is 9.84 Å². The molecule has 2 aliphatic heterocycles. The maximum atomic E-state index is 9.14. The number of rotatable bonds is 6. The van der Waals surface area contributed by atoms with Gasteiger partial charge in [0, 0.05) is 31.5 Å². The Balaban J connectivity index is 1.64. The first-order chi connectivity index (χ1) is 10.3. The van der Waals surface area contributed by atoms with Gasteiger partial charge in [0.2, 0.25) is 0 Å². The van der Waals surface area contributed by atoms with Crippen LogP contribution in [0.3, 0.4) is 0 Å². The lowest BCUT2D eigenvalue weighted by atomic mass is 10.1. The molecule has 2 atom stereocenters. The third kappa shape index (κ3) is 4.22. The highest BCUT2D eigenvalue weighted by atomic mass is 32.2. The Morgan fingerprint density at radius 1 is 1.19 bits per heavy atom. The second-order valence-corrected chi connectivity index (χ2v) is 7.21. The Kier molecular flexibility index (Phi) is 5.58. The largest absolute Gasteiger partial charge is 0.392 e. The first-order valence-electron chi connectivity index (χ1n) is 7.97. The van der Waals surface area contributed by atoms with E-state index in [0.29, 0.717) is 12.1 Å². The van der Waals surface area contributed by atoms with Gasteiger partial charge in [0.1, 0.15) is 0 Å². The van der Waals surface area contributed by atoms with Crippen LogP contribution in [0.15, 0.2) is 24.3 Å². The molecule has 0 aliphatic carbocycles. The third-order valence-electron chi connectivity index (χ3n) is 4.48. The predicted molar refractivity (Wildman–Crippen MR) is 87.5 cm³/mol. The lowest BCUT2D eigenvalue weighted by Gasteiger charge is -2.30. The molecule has 2 fully saturated rings. The van der Waals surface area contributed by atoms with Crippen LogP contribution in [0.25, 0.3) is 0 Å². The van der Waals surface area contributed by atoms with Crippen LogP contribution < -0.4 is 0 Å². The van der Waals surface area contributed by atoms with Crippen molar-refractivity contribution in [2.75, 3.05) is 24.7 Å². The van der Waals surface area contributed by atoms with Crippen LogP contribution in [-0.4, -0.2) is 46.8 Å². The van der Waals surface area contributed by atoms with Gasteiger partial charge in [-0.2, -0.15) is 11.8 Å². The van der Waals surface area contributed by atoms with E-state index < -0.39 is 0 Å². The maximum Gasteiger partial charge on any atom is 0.0703 e. The average molecular weight is 307 g/mol. The van der Waals surface area contributed by atoms with Crippen molar-refractivity contribution in [2.24, 2.45) is 0 Å². The van der Waals surface area contributed by atoms with Gasteiger partial charge < -0.3 is 9.84 Å². The van der Waals surface area contributed by atoms with E-state index in [1.807, 2.05) is 12.1 Å². The minimum absolute atomic E-state index is 0.124. The van der Waals surface area contributed by atoms with Crippen LogP contribution >= 0.6 is 11.8 Å². The Hall–Kier alpha value is -0.550. The number of aliphatic hydroxyl groups excluding tert-OH is 1. The Morgan fingerprint density at radius 2 is 2.00 bits per heavy atom. The molecule has 0 radical (unpaired) electrons. The average Bonchev–Trinajstić information content (AvgIpc) is 3.21. The summed E-state index contributed by atoms with van der Waals surface area (Å²) in [5.74, 6) is 2.54. The summed E-state index contributed by atoms with van der Waals surface area (Å²) in [6.07, 6.45) is 4.14. The summed E-state index contributed by atoms with van der Waals surface area (Å²) in [6.45, 7) is 3.12. The fourth-order valence-corrected chi connectivity index (χ4v) is 4.44. The quantitative estimate of drug-likeness (QED) is 0.876. The third-order valence-corrected chi connectivity index (χ3v) is 5.62. The Morgan fingerprint density at radius 3 is 2.62 bits per heavy atom. The molecule has 1 aromatic rings. The zero-order chi connectivity index (χ0) is 14.5. The summed E-state index contributed by atoms with van der Waals surface area (Å²) in [6, 6.07) is 9.05. The molecule has 0 spiro atoms. The molecular formula is C17H25NO2S. The van der Waals surface area contributed by atoms with E-state index in [2.05, 4.69) is 28.8 Å². The minimum atomic E-state index is 0.124. The standard InChI is InChI=1S/C17H25NO2S/c19-12-15-5-3-14(4-6-15)10-18(16-7-9-21-13-16)11-17-2-1-8-20-17/h3-6,16-17,19H,1-2,7-13H2. The van der Waals surface area contributed by atoms with Crippen LogP contribution in [0.5, 0.6) is 0 Å². The van der Waals surface area contributed by atoms with Crippen molar-refractivity contribution in [1.29, 1.82) is 0 Å². The summed E-state index contributed by atoms with van der Waals surface area (Å²) in [5, 5.41) is 9.14. The van der Waals surface area contributed by atoms with Crippen LogP contribution in [-0.2, 0) is 17.9 Å². The van der Waals surface area contributed by atoms with E-state index in [0.717, 1.165) is 25.3 Å². The zero-order valence-corrected chi connectivity index (χ0v) is 13.4. The lowest BCUT2D eigenvalue weighted by molar-refractivity contribution is 0.0575. The van der Waals surface area contributed by atoms with Gasteiger partial charge >= 0.3 is 0 Å². The van der Waals surface area contributed by atoms with Crippen LogP contribution in [0, 0.1) is 0 Å². The molecule has 3 nitrogen and oxygen atoms in total. The normalized spacial score (nSPS) is 25.8.